The van der Waals surface area contributed by atoms with E-state index in [4.69, 9.17) is 0 Å². The number of carbonyl (C=O) groups excluding carboxylic acids is 2. The largest absolute Gasteiger partial charge is 0.341 e. The molecule has 8 heteroatoms. The molecule has 1 fully saturated rings. The maximum absolute atomic E-state index is 12.5. The van der Waals surface area contributed by atoms with Crippen LogP contribution in [0.1, 0.15) is 35.3 Å². The monoisotopic (exact) mass is 366 g/mol. The van der Waals surface area contributed by atoms with Gasteiger partial charge in [0.2, 0.25) is 5.91 Å². The van der Waals surface area contributed by atoms with Crippen molar-refractivity contribution in [1.29, 1.82) is 0 Å². The van der Waals surface area contributed by atoms with Crippen molar-refractivity contribution in [3.8, 4) is 0 Å². The molecule has 3 aromatic rings. The third-order valence-corrected chi connectivity index (χ3v) is 4.81. The van der Waals surface area contributed by atoms with Crippen molar-refractivity contribution in [2.45, 2.75) is 32.7 Å². The van der Waals surface area contributed by atoms with Gasteiger partial charge in [-0.25, -0.2) is 4.98 Å². The molecule has 0 radical (unpaired) electrons. The number of hydrogen-bond donors (Lipinski definition) is 1. The van der Waals surface area contributed by atoms with Crippen molar-refractivity contribution in [2.24, 2.45) is 0 Å². The molecule has 0 aromatic carbocycles. The smallest absolute Gasteiger partial charge is 0.275 e. The molecule has 1 N–H and O–H groups in total. The fraction of sp³-hybridized carbons (Fsp3) is 0.368. The molecule has 140 valence electrons. The van der Waals surface area contributed by atoms with E-state index in [2.05, 4.69) is 15.4 Å². The number of amides is 2. The van der Waals surface area contributed by atoms with Gasteiger partial charge in [-0.2, -0.15) is 5.10 Å². The highest BCUT2D eigenvalue weighted by atomic mass is 16.2. The van der Waals surface area contributed by atoms with Crippen molar-refractivity contribution in [3.63, 3.8) is 0 Å². The molecule has 4 heterocycles. The summed E-state index contributed by atoms with van der Waals surface area (Å²) < 4.78 is 3.38. The van der Waals surface area contributed by atoms with Crippen LogP contribution in [0, 0.1) is 6.92 Å². The Morgan fingerprint density at radius 3 is 2.78 bits per heavy atom. The Morgan fingerprint density at radius 1 is 1.19 bits per heavy atom. The predicted octanol–water partition coefficient (Wildman–Crippen LogP) is 2.10. The van der Waals surface area contributed by atoms with E-state index < -0.39 is 0 Å². The molecule has 0 unspecified atom stereocenters. The molecule has 3 aromatic heterocycles. The number of likely N-dealkylation sites (tertiary alicyclic amines) is 1. The second kappa shape index (κ2) is 7.22. The van der Waals surface area contributed by atoms with Gasteiger partial charge < -0.3 is 14.6 Å². The van der Waals surface area contributed by atoms with Gasteiger partial charge in [0.25, 0.3) is 5.91 Å². The van der Waals surface area contributed by atoms with Crippen LogP contribution in [0.15, 0.2) is 36.9 Å². The van der Waals surface area contributed by atoms with Crippen LogP contribution in [0.2, 0.25) is 0 Å². The minimum absolute atomic E-state index is 0.0616. The van der Waals surface area contributed by atoms with Crippen LogP contribution in [0.5, 0.6) is 0 Å². The SMILES string of the molecule is Cc1cccn2cc(C(=O)Nc3cnn(CC(=O)N4CCCCC4)c3)nc12. The summed E-state index contributed by atoms with van der Waals surface area (Å²) in [5, 5.41) is 6.97. The number of hydrogen-bond acceptors (Lipinski definition) is 4. The van der Waals surface area contributed by atoms with Crippen LogP contribution in [0.3, 0.4) is 0 Å². The zero-order valence-corrected chi connectivity index (χ0v) is 15.3. The molecule has 1 aliphatic rings. The van der Waals surface area contributed by atoms with E-state index in [9.17, 15) is 9.59 Å². The second-order valence-corrected chi connectivity index (χ2v) is 6.87. The fourth-order valence-electron chi connectivity index (χ4n) is 3.35. The first-order valence-corrected chi connectivity index (χ1v) is 9.16. The van der Waals surface area contributed by atoms with Gasteiger partial charge in [-0.1, -0.05) is 6.07 Å². The summed E-state index contributed by atoms with van der Waals surface area (Å²) >= 11 is 0. The molecule has 0 aliphatic carbocycles. The normalized spacial score (nSPS) is 14.5. The first-order valence-electron chi connectivity index (χ1n) is 9.16. The van der Waals surface area contributed by atoms with Gasteiger partial charge in [-0.05, 0) is 37.8 Å². The number of pyridine rings is 1. The summed E-state index contributed by atoms with van der Waals surface area (Å²) in [6.45, 7) is 3.77. The van der Waals surface area contributed by atoms with E-state index in [1.165, 1.54) is 6.42 Å². The summed E-state index contributed by atoms with van der Waals surface area (Å²) in [4.78, 5) is 31.1. The number of imidazole rings is 1. The molecular weight excluding hydrogens is 344 g/mol. The quantitative estimate of drug-likeness (QED) is 0.766. The number of aromatic nitrogens is 4. The van der Waals surface area contributed by atoms with E-state index >= 15 is 0 Å². The molecule has 0 bridgehead atoms. The third kappa shape index (κ3) is 3.69. The highest BCUT2D eigenvalue weighted by Gasteiger charge is 2.18. The molecule has 8 nitrogen and oxygen atoms in total. The first-order chi connectivity index (χ1) is 13.1. The van der Waals surface area contributed by atoms with E-state index in [1.54, 1.807) is 23.3 Å². The average Bonchev–Trinajstić information content (AvgIpc) is 3.30. The minimum atomic E-state index is -0.306. The lowest BCUT2D eigenvalue weighted by Crippen LogP contribution is -2.37. The lowest BCUT2D eigenvalue weighted by molar-refractivity contribution is -0.132. The molecule has 0 spiro atoms. The summed E-state index contributed by atoms with van der Waals surface area (Å²) in [7, 11) is 0. The van der Waals surface area contributed by atoms with Gasteiger partial charge in [0.05, 0.1) is 11.9 Å². The average molecular weight is 366 g/mol. The molecule has 0 atom stereocenters. The van der Waals surface area contributed by atoms with Crippen LogP contribution in [0.25, 0.3) is 5.65 Å². The Kier molecular flexibility index (Phi) is 4.62. The maximum atomic E-state index is 12.5. The highest BCUT2D eigenvalue weighted by Crippen LogP contribution is 2.13. The number of piperidine rings is 1. The van der Waals surface area contributed by atoms with E-state index in [1.807, 2.05) is 34.6 Å². The lowest BCUT2D eigenvalue weighted by Gasteiger charge is -2.26. The molecule has 4 rings (SSSR count). The molecule has 1 saturated heterocycles. The van der Waals surface area contributed by atoms with E-state index in [0.29, 0.717) is 11.4 Å². The highest BCUT2D eigenvalue weighted by molar-refractivity contribution is 6.03. The predicted molar refractivity (Wildman–Crippen MR) is 101 cm³/mol. The minimum Gasteiger partial charge on any atom is -0.341 e. The van der Waals surface area contributed by atoms with Gasteiger partial charge in [0.15, 0.2) is 0 Å². The Balaban J connectivity index is 1.41. The first kappa shape index (κ1) is 17.3. The Hall–Kier alpha value is -3.16. The van der Waals surface area contributed by atoms with Crippen molar-refractivity contribution >= 4 is 23.1 Å². The molecule has 1 aliphatic heterocycles. The lowest BCUT2D eigenvalue weighted by atomic mass is 10.1. The maximum Gasteiger partial charge on any atom is 0.275 e. The third-order valence-electron chi connectivity index (χ3n) is 4.81. The number of nitrogens with zero attached hydrogens (tertiary/aromatic N) is 5. The second-order valence-electron chi connectivity index (χ2n) is 6.87. The molecule has 0 saturated carbocycles. The van der Waals surface area contributed by atoms with Crippen molar-refractivity contribution in [3.05, 3.63) is 48.2 Å². The van der Waals surface area contributed by atoms with Crippen LogP contribution in [0.4, 0.5) is 5.69 Å². The molecule has 27 heavy (non-hydrogen) atoms. The van der Waals surface area contributed by atoms with E-state index in [-0.39, 0.29) is 18.4 Å². The summed E-state index contributed by atoms with van der Waals surface area (Å²) in [5.74, 6) is -0.244. The fourth-order valence-corrected chi connectivity index (χ4v) is 3.35. The van der Waals surface area contributed by atoms with Crippen molar-refractivity contribution < 1.29 is 9.59 Å². The van der Waals surface area contributed by atoms with Crippen LogP contribution in [-0.4, -0.2) is 49.0 Å². The molecule has 2 amide bonds. The number of rotatable bonds is 4. The van der Waals surface area contributed by atoms with Crippen molar-refractivity contribution in [1.82, 2.24) is 24.1 Å². The van der Waals surface area contributed by atoms with Gasteiger partial charge >= 0.3 is 0 Å². The summed E-state index contributed by atoms with van der Waals surface area (Å²) in [6.07, 6.45) is 10.1. The Labute approximate surface area is 156 Å². The topological polar surface area (TPSA) is 84.5 Å². The zero-order chi connectivity index (χ0) is 18.8. The standard InChI is InChI=1S/C19H22N6O2/c1-14-6-5-9-24-12-16(22-18(14)24)19(27)21-15-10-20-25(11-15)13-17(26)23-7-3-2-4-8-23/h5-6,9-12H,2-4,7-8,13H2,1H3,(H,21,27). The Bertz CT molecular complexity index is 983. The number of fused-ring (bicyclic) bond motifs is 1. The van der Waals surface area contributed by atoms with Crippen LogP contribution < -0.4 is 5.32 Å². The Morgan fingerprint density at radius 2 is 2.00 bits per heavy atom. The van der Waals surface area contributed by atoms with Gasteiger partial charge in [0.1, 0.15) is 17.9 Å². The number of aryl methyl sites for hydroxylation is 1. The van der Waals surface area contributed by atoms with Gasteiger partial charge in [0, 0.05) is 31.7 Å². The molecular formula is C19H22N6O2. The summed E-state index contributed by atoms with van der Waals surface area (Å²) in [6, 6.07) is 3.86. The summed E-state index contributed by atoms with van der Waals surface area (Å²) in [5.41, 5.74) is 2.63. The van der Waals surface area contributed by atoms with Crippen LogP contribution >= 0.6 is 0 Å². The van der Waals surface area contributed by atoms with Gasteiger partial charge in [-0.3, -0.25) is 14.3 Å². The number of anilines is 1. The van der Waals surface area contributed by atoms with E-state index in [0.717, 1.165) is 37.1 Å². The van der Waals surface area contributed by atoms with Gasteiger partial charge in [-0.15, -0.1) is 0 Å². The number of nitrogens with one attached hydrogen (secondary N) is 1. The van der Waals surface area contributed by atoms with Crippen LogP contribution in [-0.2, 0) is 11.3 Å². The zero-order valence-electron chi connectivity index (χ0n) is 15.3. The van der Waals surface area contributed by atoms with Crippen molar-refractivity contribution in [2.75, 3.05) is 18.4 Å². The number of carbonyl (C=O) groups is 2.